The molecule has 0 aliphatic heterocycles. The molecule has 4 aliphatic rings. The van der Waals surface area contributed by atoms with Gasteiger partial charge in [-0.15, -0.1) is 0 Å². The molecule has 0 bridgehead atoms. The van der Waals surface area contributed by atoms with Crippen LogP contribution in [0.25, 0.3) is 198 Å². The van der Waals surface area contributed by atoms with Crippen molar-refractivity contribution in [3.05, 3.63) is 392 Å². The first-order valence-electron chi connectivity index (χ1n) is 37.4. The molecular weight excluding hydrogens is 1270 g/mol. The lowest BCUT2D eigenvalue weighted by molar-refractivity contribution is 1.36. The fraction of sp³-hybridized carbons (Fsp3) is 0.0377. The Labute approximate surface area is 613 Å². The van der Waals surface area contributed by atoms with Gasteiger partial charge < -0.3 is 0 Å². The molecule has 0 unspecified atom stereocenters. The predicted octanol–water partition coefficient (Wildman–Crippen LogP) is 28.2. The zero-order valence-electron chi connectivity index (χ0n) is 59.2. The molecule has 0 aromatic heterocycles. The van der Waals surface area contributed by atoms with Crippen molar-refractivity contribution in [2.24, 2.45) is 0 Å². The second-order valence-corrected chi connectivity index (χ2v) is 30.0. The van der Waals surface area contributed by atoms with E-state index in [2.05, 4.69) is 355 Å². The van der Waals surface area contributed by atoms with E-state index in [-0.39, 0.29) is 0 Å². The molecule has 0 N–H and O–H groups in total. The highest BCUT2D eigenvalue weighted by molar-refractivity contribution is 6.36. The minimum absolute atomic E-state index is 1.20. The third-order valence-corrected chi connectivity index (χ3v) is 24.6. The van der Waals surface area contributed by atoms with Crippen LogP contribution in [0.5, 0.6) is 0 Å². The molecule has 4 aliphatic carbocycles. The summed E-state index contributed by atoms with van der Waals surface area (Å²) < 4.78 is 0. The van der Waals surface area contributed by atoms with Gasteiger partial charge in [-0.3, -0.25) is 0 Å². The summed E-state index contributed by atoms with van der Waals surface area (Å²) in [6.07, 6.45) is 0. The summed E-state index contributed by atoms with van der Waals surface area (Å²) in [5.74, 6) is 0. The van der Waals surface area contributed by atoms with Crippen LogP contribution in [-0.2, 0) is 0 Å². The predicted molar refractivity (Wildman–Crippen MR) is 446 cm³/mol. The summed E-state index contributed by atoms with van der Waals surface area (Å²) in [6.45, 7) is 9.11. The van der Waals surface area contributed by atoms with Gasteiger partial charge in [0.2, 0.25) is 0 Å². The maximum atomic E-state index is 2.65. The van der Waals surface area contributed by atoms with Crippen molar-refractivity contribution in [3.8, 4) is 134 Å². The summed E-state index contributed by atoms with van der Waals surface area (Å²) in [5, 5.41) is 25.8. The summed E-state index contributed by atoms with van der Waals surface area (Å²) in [7, 11) is 0. The van der Waals surface area contributed by atoms with Gasteiger partial charge in [0.05, 0.1) is 0 Å². The maximum Gasteiger partial charge on any atom is -0.000740 e. The average molecular weight is 1340 g/mol. The normalized spacial score (nSPS) is 12.3. The molecule has 490 valence electrons. The number of hydrogen-bond donors (Lipinski definition) is 0. The first kappa shape index (κ1) is 59.3. The van der Waals surface area contributed by atoms with Crippen LogP contribution in [0.1, 0.15) is 22.3 Å². The smallest absolute Gasteiger partial charge is 0.000740 e. The van der Waals surface area contributed by atoms with E-state index in [0.717, 1.165) is 0 Å². The molecule has 19 aromatic carbocycles. The van der Waals surface area contributed by atoms with E-state index in [4.69, 9.17) is 0 Å². The van der Waals surface area contributed by atoms with Crippen molar-refractivity contribution in [2.45, 2.75) is 27.7 Å². The van der Waals surface area contributed by atoms with Crippen LogP contribution in [0.3, 0.4) is 0 Å². The van der Waals surface area contributed by atoms with Gasteiger partial charge in [-0.2, -0.15) is 0 Å². The van der Waals surface area contributed by atoms with E-state index in [0.29, 0.717) is 0 Å². The summed E-state index contributed by atoms with van der Waals surface area (Å²) in [6, 6.07) is 126. The molecule has 0 spiro atoms. The van der Waals surface area contributed by atoms with Crippen molar-refractivity contribution in [1.82, 2.24) is 0 Å². The van der Waals surface area contributed by atoms with E-state index in [1.165, 1.54) is 262 Å². The molecule has 0 heterocycles. The van der Waals surface area contributed by atoms with Crippen LogP contribution in [0.2, 0.25) is 0 Å². The van der Waals surface area contributed by atoms with Gasteiger partial charge in [0.1, 0.15) is 0 Å². The second kappa shape index (κ2) is 22.1. The molecule has 106 heavy (non-hydrogen) atoms. The third kappa shape index (κ3) is 7.97. The second-order valence-electron chi connectivity index (χ2n) is 30.0. The number of rotatable bonds is 8. The van der Waals surface area contributed by atoms with Crippen LogP contribution in [0, 0.1) is 69.4 Å². The van der Waals surface area contributed by atoms with Crippen LogP contribution < -0.4 is 0 Å². The molecule has 0 nitrogen and oxygen atoms in total. The molecule has 0 amide bonds. The Morgan fingerprint density at radius 3 is 0.519 bits per heavy atom. The highest BCUT2D eigenvalue weighted by Gasteiger charge is 2.38. The highest BCUT2D eigenvalue weighted by atomic mass is 14.4. The van der Waals surface area contributed by atoms with Crippen molar-refractivity contribution in [2.75, 3.05) is 0 Å². The lowest BCUT2D eigenvalue weighted by Gasteiger charge is -2.23. The molecule has 23 rings (SSSR count). The number of aryl methyl sites for hydroxylation is 4. The van der Waals surface area contributed by atoms with Crippen molar-refractivity contribution < 1.29 is 0 Å². The quantitative estimate of drug-likeness (QED) is 0.133. The van der Waals surface area contributed by atoms with Gasteiger partial charge in [0.15, 0.2) is 0 Å². The molecule has 0 saturated heterocycles. The fourth-order valence-corrected chi connectivity index (χ4v) is 20.0. The number of benzene rings is 19. The van der Waals surface area contributed by atoms with Crippen LogP contribution in [0.4, 0.5) is 0 Å². The molecule has 19 aromatic rings. The molecule has 0 atom stereocenters. The van der Waals surface area contributed by atoms with Gasteiger partial charge in [0.25, 0.3) is 0 Å². The fourth-order valence-electron chi connectivity index (χ4n) is 20.0. The third-order valence-electron chi connectivity index (χ3n) is 24.6. The lowest BCUT2D eigenvalue weighted by atomic mass is 9.79. The monoisotopic (exact) mass is 1340 g/mol. The van der Waals surface area contributed by atoms with Crippen molar-refractivity contribution in [3.63, 3.8) is 0 Å². The lowest BCUT2D eigenvalue weighted by Crippen LogP contribution is -1.97. The van der Waals surface area contributed by atoms with Gasteiger partial charge in [0, 0.05) is 0 Å². The Morgan fingerprint density at radius 2 is 0.311 bits per heavy atom. The first-order valence-corrected chi connectivity index (χ1v) is 37.4. The minimum Gasteiger partial charge on any atom is -0.0622 e. The number of hydrogen-bond acceptors (Lipinski definition) is 0. The van der Waals surface area contributed by atoms with Gasteiger partial charge in [-0.1, -0.05) is 315 Å². The van der Waals surface area contributed by atoms with E-state index < -0.39 is 0 Å². The van der Waals surface area contributed by atoms with E-state index in [1.807, 2.05) is 0 Å². The Morgan fingerprint density at radius 1 is 0.142 bits per heavy atom. The summed E-state index contributed by atoms with van der Waals surface area (Å²) in [4.78, 5) is 0. The zero-order chi connectivity index (χ0) is 69.9. The van der Waals surface area contributed by atoms with Gasteiger partial charge >= 0.3 is 0 Å². The summed E-state index contributed by atoms with van der Waals surface area (Å²) in [5.41, 5.74) is 35.5. The molecule has 0 saturated carbocycles. The van der Waals surface area contributed by atoms with Crippen LogP contribution >= 0.6 is 0 Å². The van der Waals surface area contributed by atoms with Crippen molar-refractivity contribution >= 4 is 64.6 Å². The largest absolute Gasteiger partial charge is 0.0622 e. The van der Waals surface area contributed by atoms with Crippen molar-refractivity contribution in [1.29, 1.82) is 0 Å². The van der Waals surface area contributed by atoms with E-state index >= 15 is 0 Å². The average Bonchev–Trinajstić information content (AvgIpc) is 1.50. The van der Waals surface area contributed by atoms with Gasteiger partial charge in [-0.05, 0) is 302 Å². The van der Waals surface area contributed by atoms with Crippen LogP contribution in [0.15, 0.2) is 328 Å². The summed E-state index contributed by atoms with van der Waals surface area (Å²) >= 11 is 0. The first-order chi connectivity index (χ1) is 52.3. The Bertz CT molecular complexity index is 7180. The van der Waals surface area contributed by atoms with Crippen LogP contribution in [-0.4, -0.2) is 0 Å². The Balaban J connectivity index is 0.910. The van der Waals surface area contributed by atoms with Gasteiger partial charge in [-0.25, -0.2) is 0 Å². The number of fused-ring (bicyclic) bond motifs is 12. The topological polar surface area (TPSA) is 0 Å². The molecule has 0 radical (unpaired) electrons. The Kier molecular flexibility index (Phi) is 12.4. The van der Waals surface area contributed by atoms with E-state index in [1.54, 1.807) is 0 Å². The highest BCUT2D eigenvalue weighted by Crippen LogP contribution is 2.65. The Hall–Kier alpha value is -13.3. The molecular formula is C106H66. The molecule has 0 heteroatoms. The zero-order valence-corrected chi connectivity index (χ0v) is 59.2. The maximum absolute atomic E-state index is 2.65. The van der Waals surface area contributed by atoms with E-state index in [9.17, 15) is 0 Å². The SMILES string of the molecule is Cc1cc2c(-c3ccccc3)c3c(c(-c4ccccc4)c2cc1C)-c1ccc2c4c(ccc-3c14)-c1c-2c(-c2ccccc2)c2cc3c(-c4ccccc4)c4c(c(-c5ccccc5)c3cc2c1-c1ccccc1)=c1ccc2c3c(ccc=4c13)=c1c(-c3ccccc3)c3cc(C)c(C)cc3c(-c3ccccc3)c1=2. The minimum atomic E-state index is 1.20. The molecule has 0 fully saturated rings. The standard InChI is InChI=1S/C106H66/c1-59-53-79-80(54-60(59)2)88(64-31-15-6-16-32-64)100-72-46-50-76-97-75(49-45-71(95(72)97)99(100)87(79)63-29-13-5-14-30-63)103-91(67-37-21-9-22-38-67)83-57-85-86(58-84(83)92(104(76)103)68-39-23-10-24-40-68)94(70-43-27-12-28-44-70)106-78-52-48-74-96-73(47-51-77(98(78)96)105(106)93(85)69-41-25-11-26-42-69)101-89(65-33-17-7-18-34-65)81-55-61(3)62(4)56-82(81)90(102(74)101)66-35-19-8-20-36-66/h5-58H,1-4H3.